The van der Waals surface area contributed by atoms with Crippen LogP contribution in [0.15, 0.2) is 42.5 Å². The van der Waals surface area contributed by atoms with Crippen molar-refractivity contribution in [1.82, 2.24) is 10.2 Å². The fourth-order valence-corrected chi connectivity index (χ4v) is 3.29. The topological polar surface area (TPSA) is 67.9 Å². The molecule has 2 aromatic rings. The van der Waals surface area contributed by atoms with Crippen LogP contribution < -0.4 is 14.8 Å². The van der Waals surface area contributed by atoms with Crippen molar-refractivity contribution in [3.05, 3.63) is 59.2 Å². The predicted octanol–water partition coefficient (Wildman–Crippen LogP) is 3.21. The summed E-state index contributed by atoms with van der Waals surface area (Å²) in [5, 5.41) is 2.81. The van der Waals surface area contributed by atoms with Gasteiger partial charge in [-0.15, -0.1) is 0 Å². The van der Waals surface area contributed by atoms with Gasteiger partial charge in [-0.05, 0) is 50.5 Å². The SMILES string of the molecule is CCNC(=O)[C@@H](C)N(Cc1ccc(C)cc1)C(=O)CCc1ccc2c(c1)OCO2. The Morgan fingerprint density at radius 2 is 1.76 bits per heavy atom. The Kier molecular flexibility index (Phi) is 6.75. The average Bonchev–Trinajstić information content (AvgIpc) is 3.19. The number of amides is 2. The molecule has 0 spiro atoms. The lowest BCUT2D eigenvalue weighted by Crippen LogP contribution is -2.47. The molecule has 0 fully saturated rings. The van der Waals surface area contributed by atoms with Gasteiger partial charge in [0.25, 0.3) is 0 Å². The highest BCUT2D eigenvalue weighted by molar-refractivity contribution is 5.87. The molecule has 1 N–H and O–H groups in total. The van der Waals surface area contributed by atoms with Crippen molar-refractivity contribution < 1.29 is 19.1 Å². The zero-order valence-corrected chi connectivity index (χ0v) is 17.2. The van der Waals surface area contributed by atoms with E-state index in [-0.39, 0.29) is 18.6 Å². The van der Waals surface area contributed by atoms with Crippen LogP contribution in [0.3, 0.4) is 0 Å². The van der Waals surface area contributed by atoms with Crippen molar-refractivity contribution >= 4 is 11.8 Å². The first-order valence-electron chi connectivity index (χ1n) is 9.99. The van der Waals surface area contributed by atoms with Gasteiger partial charge in [0.1, 0.15) is 6.04 Å². The third-order valence-corrected chi connectivity index (χ3v) is 5.06. The number of benzene rings is 2. The van der Waals surface area contributed by atoms with E-state index < -0.39 is 6.04 Å². The van der Waals surface area contributed by atoms with Gasteiger partial charge in [0.05, 0.1) is 0 Å². The van der Waals surface area contributed by atoms with Gasteiger partial charge in [0.15, 0.2) is 11.5 Å². The molecule has 154 valence electrons. The highest BCUT2D eigenvalue weighted by atomic mass is 16.7. The van der Waals surface area contributed by atoms with Crippen LogP contribution >= 0.6 is 0 Å². The van der Waals surface area contributed by atoms with Gasteiger partial charge in [0.2, 0.25) is 18.6 Å². The molecule has 6 nitrogen and oxygen atoms in total. The average molecular weight is 396 g/mol. The number of hydrogen-bond donors (Lipinski definition) is 1. The molecule has 1 heterocycles. The van der Waals surface area contributed by atoms with E-state index in [1.54, 1.807) is 11.8 Å². The van der Waals surface area contributed by atoms with E-state index in [1.807, 2.05) is 56.3 Å². The molecular formula is C23H28N2O4. The van der Waals surface area contributed by atoms with Gasteiger partial charge in [-0.2, -0.15) is 0 Å². The first-order valence-corrected chi connectivity index (χ1v) is 9.99. The van der Waals surface area contributed by atoms with Crippen LogP contribution in [-0.4, -0.2) is 36.1 Å². The molecule has 0 unspecified atom stereocenters. The summed E-state index contributed by atoms with van der Waals surface area (Å²) in [6.45, 7) is 6.83. The number of aryl methyl sites for hydroxylation is 2. The summed E-state index contributed by atoms with van der Waals surface area (Å²) in [6, 6.07) is 13.2. The van der Waals surface area contributed by atoms with Gasteiger partial charge in [-0.25, -0.2) is 0 Å². The summed E-state index contributed by atoms with van der Waals surface area (Å²) in [5.41, 5.74) is 3.16. The van der Waals surface area contributed by atoms with E-state index in [9.17, 15) is 9.59 Å². The third-order valence-electron chi connectivity index (χ3n) is 5.06. The first kappa shape index (κ1) is 20.7. The van der Waals surface area contributed by atoms with E-state index in [0.29, 0.717) is 31.7 Å². The first-order chi connectivity index (χ1) is 14.0. The van der Waals surface area contributed by atoms with E-state index in [0.717, 1.165) is 22.4 Å². The highest BCUT2D eigenvalue weighted by Gasteiger charge is 2.25. The zero-order valence-electron chi connectivity index (χ0n) is 17.2. The van der Waals surface area contributed by atoms with Gasteiger partial charge in [0, 0.05) is 19.5 Å². The van der Waals surface area contributed by atoms with Crippen LogP contribution in [-0.2, 0) is 22.6 Å². The Labute approximate surface area is 171 Å². The minimum Gasteiger partial charge on any atom is -0.454 e. The van der Waals surface area contributed by atoms with Crippen LogP contribution in [0.2, 0.25) is 0 Å². The van der Waals surface area contributed by atoms with E-state index in [1.165, 1.54) is 0 Å². The number of nitrogens with one attached hydrogen (secondary N) is 1. The second kappa shape index (κ2) is 9.45. The van der Waals surface area contributed by atoms with Gasteiger partial charge in [-0.3, -0.25) is 9.59 Å². The Hall–Kier alpha value is -3.02. The number of carbonyl (C=O) groups excluding carboxylic acids is 2. The summed E-state index contributed by atoms with van der Waals surface area (Å²) in [5.74, 6) is 1.24. The standard InChI is InChI=1S/C23H28N2O4/c1-4-24-23(27)17(3)25(14-19-7-5-16(2)6-8-19)22(26)12-10-18-9-11-20-21(13-18)29-15-28-20/h5-9,11,13,17H,4,10,12,14-15H2,1-3H3,(H,24,27)/t17-/m1/s1. The Bertz CT molecular complexity index is 864. The molecule has 6 heteroatoms. The molecule has 0 bridgehead atoms. The molecule has 1 aliphatic rings. The van der Waals surface area contributed by atoms with E-state index in [4.69, 9.17) is 9.47 Å². The maximum absolute atomic E-state index is 13.1. The molecule has 2 aromatic carbocycles. The molecular weight excluding hydrogens is 368 g/mol. The summed E-state index contributed by atoms with van der Waals surface area (Å²) in [7, 11) is 0. The van der Waals surface area contributed by atoms with Gasteiger partial charge >= 0.3 is 0 Å². The normalized spacial score (nSPS) is 13.1. The largest absolute Gasteiger partial charge is 0.454 e. The Morgan fingerprint density at radius 1 is 1.07 bits per heavy atom. The number of carbonyl (C=O) groups is 2. The number of nitrogens with zero attached hydrogens (tertiary/aromatic N) is 1. The third kappa shape index (κ3) is 5.28. The summed E-state index contributed by atoms with van der Waals surface area (Å²) in [6.07, 6.45) is 0.886. The molecule has 29 heavy (non-hydrogen) atoms. The fraction of sp³-hybridized carbons (Fsp3) is 0.391. The molecule has 0 saturated carbocycles. The molecule has 0 aliphatic carbocycles. The number of ether oxygens (including phenoxy) is 2. The summed E-state index contributed by atoms with van der Waals surface area (Å²) in [4.78, 5) is 27.1. The lowest BCUT2D eigenvalue weighted by molar-refractivity contribution is -0.140. The van der Waals surface area contributed by atoms with Gasteiger partial charge < -0.3 is 19.7 Å². The van der Waals surface area contributed by atoms with Crippen molar-refractivity contribution in [2.45, 2.75) is 46.2 Å². The highest BCUT2D eigenvalue weighted by Crippen LogP contribution is 2.32. The van der Waals surface area contributed by atoms with Crippen molar-refractivity contribution in [3.63, 3.8) is 0 Å². The summed E-state index contributed by atoms with van der Waals surface area (Å²) >= 11 is 0. The van der Waals surface area contributed by atoms with Crippen LogP contribution in [0.25, 0.3) is 0 Å². The number of rotatable bonds is 8. The predicted molar refractivity (Wildman–Crippen MR) is 111 cm³/mol. The Balaban J connectivity index is 1.70. The fourth-order valence-electron chi connectivity index (χ4n) is 3.29. The maximum atomic E-state index is 13.1. The molecule has 0 radical (unpaired) electrons. The molecule has 0 aromatic heterocycles. The second-order valence-corrected chi connectivity index (χ2v) is 7.27. The molecule has 1 atom stereocenters. The van der Waals surface area contributed by atoms with Crippen molar-refractivity contribution in [3.8, 4) is 11.5 Å². The lowest BCUT2D eigenvalue weighted by Gasteiger charge is -2.29. The van der Waals surface area contributed by atoms with Crippen molar-refractivity contribution in [2.24, 2.45) is 0 Å². The quantitative estimate of drug-likeness (QED) is 0.744. The van der Waals surface area contributed by atoms with Crippen molar-refractivity contribution in [2.75, 3.05) is 13.3 Å². The van der Waals surface area contributed by atoms with Crippen molar-refractivity contribution in [1.29, 1.82) is 0 Å². The van der Waals surface area contributed by atoms with E-state index in [2.05, 4.69) is 5.32 Å². The lowest BCUT2D eigenvalue weighted by atomic mass is 10.1. The monoisotopic (exact) mass is 396 g/mol. The molecule has 3 rings (SSSR count). The number of fused-ring (bicyclic) bond motifs is 1. The minimum absolute atomic E-state index is 0.0537. The maximum Gasteiger partial charge on any atom is 0.242 e. The molecule has 0 saturated heterocycles. The van der Waals surface area contributed by atoms with Crippen LogP contribution in [0, 0.1) is 6.92 Å². The molecule has 2 amide bonds. The van der Waals surface area contributed by atoms with E-state index >= 15 is 0 Å². The van der Waals surface area contributed by atoms with Gasteiger partial charge in [-0.1, -0.05) is 35.9 Å². The number of likely N-dealkylation sites (N-methyl/N-ethyl adjacent to an activating group) is 1. The smallest absolute Gasteiger partial charge is 0.242 e. The zero-order chi connectivity index (χ0) is 20.8. The summed E-state index contributed by atoms with van der Waals surface area (Å²) < 4.78 is 10.7. The number of hydrogen-bond acceptors (Lipinski definition) is 4. The minimum atomic E-state index is -0.541. The van der Waals surface area contributed by atoms with Crippen LogP contribution in [0.5, 0.6) is 11.5 Å². The van der Waals surface area contributed by atoms with Crippen LogP contribution in [0.1, 0.15) is 37.0 Å². The molecule has 1 aliphatic heterocycles. The second-order valence-electron chi connectivity index (χ2n) is 7.27. The Morgan fingerprint density at radius 3 is 2.48 bits per heavy atom. The van der Waals surface area contributed by atoms with Crippen LogP contribution in [0.4, 0.5) is 0 Å².